The highest BCUT2D eigenvalue weighted by molar-refractivity contribution is 6.31. The van der Waals surface area contributed by atoms with Crippen LogP contribution in [0, 0.1) is 12.7 Å². The minimum atomic E-state index is -0.338. The van der Waals surface area contributed by atoms with Crippen LogP contribution in [-0.4, -0.2) is 34.4 Å². The fraction of sp³-hybridized carbons (Fsp3) is 0.182. The van der Waals surface area contributed by atoms with Crippen LogP contribution in [0.4, 0.5) is 4.39 Å². The number of carbonyl (C=O) groups is 1. The monoisotopic (exact) mass is 427 g/mol. The molecule has 2 aromatic carbocycles. The number of hydrogen-bond donors (Lipinski definition) is 0. The topological polar surface area (TPSA) is 56.6 Å². The molecule has 4 rings (SSSR count). The van der Waals surface area contributed by atoms with Crippen LogP contribution in [0.2, 0.25) is 5.15 Å². The van der Waals surface area contributed by atoms with E-state index in [-0.39, 0.29) is 18.5 Å². The van der Waals surface area contributed by atoms with Crippen LogP contribution in [0.5, 0.6) is 11.5 Å². The van der Waals surface area contributed by atoms with Crippen molar-refractivity contribution in [1.82, 2.24) is 14.7 Å². The van der Waals surface area contributed by atoms with E-state index in [0.29, 0.717) is 40.1 Å². The minimum Gasteiger partial charge on any atom is -0.454 e. The molecule has 0 unspecified atom stereocenters. The number of amides is 1. The summed E-state index contributed by atoms with van der Waals surface area (Å²) in [5.41, 5.74) is 2.86. The number of hydrogen-bond acceptors (Lipinski definition) is 4. The van der Waals surface area contributed by atoms with Crippen LogP contribution in [0.3, 0.4) is 0 Å². The highest BCUT2D eigenvalue weighted by Gasteiger charge is 2.16. The Hall–Kier alpha value is -3.32. The molecule has 2 heterocycles. The summed E-state index contributed by atoms with van der Waals surface area (Å²) >= 11 is 6.46. The molecule has 1 aliphatic rings. The largest absolute Gasteiger partial charge is 0.454 e. The van der Waals surface area contributed by atoms with Gasteiger partial charge in [-0.15, -0.1) is 0 Å². The molecule has 0 atom stereocenters. The predicted octanol–water partition coefficient (Wildman–Crippen LogP) is 4.37. The minimum absolute atomic E-state index is 0.183. The van der Waals surface area contributed by atoms with Crippen molar-refractivity contribution in [2.24, 2.45) is 0 Å². The zero-order chi connectivity index (χ0) is 21.3. The Kier molecular flexibility index (Phi) is 5.46. The zero-order valence-electron chi connectivity index (χ0n) is 16.4. The van der Waals surface area contributed by atoms with E-state index in [1.807, 2.05) is 18.2 Å². The second-order valence-corrected chi connectivity index (χ2v) is 7.25. The molecular weight excluding hydrogens is 409 g/mol. The van der Waals surface area contributed by atoms with Crippen molar-refractivity contribution in [2.45, 2.75) is 13.5 Å². The summed E-state index contributed by atoms with van der Waals surface area (Å²) in [6.07, 6.45) is 3.10. The molecule has 1 aromatic heterocycles. The summed E-state index contributed by atoms with van der Waals surface area (Å²) in [6.45, 7) is 2.43. The van der Waals surface area contributed by atoms with Gasteiger partial charge in [0.25, 0.3) is 0 Å². The quantitative estimate of drug-likeness (QED) is 0.567. The lowest BCUT2D eigenvalue weighted by Gasteiger charge is -2.15. The van der Waals surface area contributed by atoms with Gasteiger partial charge < -0.3 is 14.4 Å². The summed E-state index contributed by atoms with van der Waals surface area (Å²) < 4.78 is 25.4. The molecule has 0 fully saturated rings. The Labute approximate surface area is 178 Å². The smallest absolute Gasteiger partial charge is 0.246 e. The highest BCUT2D eigenvalue weighted by atomic mass is 35.5. The Balaban J connectivity index is 1.47. The number of halogens is 2. The Morgan fingerprint density at radius 2 is 1.97 bits per heavy atom. The molecule has 0 bridgehead atoms. The molecule has 8 heteroatoms. The second kappa shape index (κ2) is 8.20. The summed E-state index contributed by atoms with van der Waals surface area (Å²) in [5, 5.41) is 4.74. The van der Waals surface area contributed by atoms with E-state index in [4.69, 9.17) is 21.1 Å². The van der Waals surface area contributed by atoms with Crippen LogP contribution in [0.1, 0.15) is 16.8 Å². The molecule has 0 aliphatic carbocycles. The lowest BCUT2D eigenvalue weighted by molar-refractivity contribution is -0.125. The number of nitrogens with zero attached hydrogens (tertiary/aromatic N) is 3. The van der Waals surface area contributed by atoms with Crippen molar-refractivity contribution in [3.8, 4) is 17.2 Å². The lowest BCUT2D eigenvalue weighted by Crippen LogP contribution is -2.24. The van der Waals surface area contributed by atoms with Gasteiger partial charge >= 0.3 is 0 Å². The number of fused-ring (bicyclic) bond motifs is 1. The maximum absolute atomic E-state index is 13.2. The summed E-state index contributed by atoms with van der Waals surface area (Å²) in [5.74, 6) is 0.864. The molecule has 30 heavy (non-hydrogen) atoms. The van der Waals surface area contributed by atoms with Gasteiger partial charge in [-0.1, -0.05) is 17.7 Å². The van der Waals surface area contributed by atoms with Crippen LogP contribution >= 0.6 is 11.6 Å². The summed E-state index contributed by atoms with van der Waals surface area (Å²) in [4.78, 5) is 14.1. The van der Waals surface area contributed by atoms with Gasteiger partial charge in [-0.05, 0) is 55.0 Å². The molecule has 6 nitrogen and oxygen atoms in total. The number of rotatable bonds is 5. The van der Waals surface area contributed by atoms with E-state index in [1.54, 1.807) is 37.1 Å². The Morgan fingerprint density at radius 3 is 2.73 bits per heavy atom. The molecule has 0 saturated heterocycles. The van der Waals surface area contributed by atoms with Gasteiger partial charge in [0.1, 0.15) is 11.0 Å². The first-order valence-electron chi connectivity index (χ1n) is 9.25. The van der Waals surface area contributed by atoms with Gasteiger partial charge in [0.2, 0.25) is 12.7 Å². The van der Waals surface area contributed by atoms with E-state index in [9.17, 15) is 9.18 Å². The maximum atomic E-state index is 13.2. The van der Waals surface area contributed by atoms with Gasteiger partial charge in [0.15, 0.2) is 11.5 Å². The average molecular weight is 428 g/mol. The lowest BCUT2D eigenvalue weighted by atomic mass is 10.2. The molecule has 3 aromatic rings. The first-order valence-corrected chi connectivity index (χ1v) is 9.63. The third kappa shape index (κ3) is 4.02. The SMILES string of the molecule is Cc1nn(-c2ccc(F)cc2)c(Cl)c1/C=C/C(=O)N(C)Cc1ccc2c(c1)OCO2. The maximum Gasteiger partial charge on any atom is 0.246 e. The van der Waals surface area contributed by atoms with Crippen molar-refractivity contribution < 1.29 is 18.7 Å². The van der Waals surface area contributed by atoms with E-state index < -0.39 is 0 Å². The standard InChI is InChI=1S/C22H19ClFN3O3/c1-14-18(22(23)27(25-14)17-6-4-16(24)5-7-17)8-10-21(28)26(2)12-15-3-9-19-20(11-15)30-13-29-19/h3-11H,12-13H2,1-2H3/b10-8+. The first-order chi connectivity index (χ1) is 14.4. The zero-order valence-corrected chi connectivity index (χ0v) is 17.2. The van der Waals surface area contributed by atoms with Gasteiger partial charge in [0.05, 0.1) is 11.4 Å². The Morgan fingerprint density at radius 1 is 1.23 bits per heavy atom. The van der Waals surface area contributed by atoms with Crippen molar-refractivity contribution in [3.05, 3.63) is 76.3 Å². The average Bonchev–Trinajstić information content (AvgIpc) is 3.30. The normalized spacial score (nSPS) is 12.5. The van der Waals surface area contributed by atoms with Crippen LogP contribution < -0.4 is 9.47 Å². The van der Waals surface area contributed by atoms with Crippen LogP contribution in [0.15, 0.2) is 48.5 Å². The number of aromatic nitrogens is 2. The molecule has 0 saturated carbocycles. The number of aryl methyl sites for hydroxylation is 1. The first kappa shape index (κ1) is 20.0. The summed E-state index contributed by atoms with van der Waals surface area (Å²) in [7, 11) is 1.72. The summed E-state index contributed by atoms with van der Waals surface area (Å²) in [6, 6.07) is 11.5. The molecule has 0 N–H and O–H groups in total. The van der Waals surface area contributed by atoms with Crippen molar-refractivity contribution in [1.29, 1.82) is 0 Å². The molecular formula is C22H19ClFN3O3. The van der Waals surface area contributed by atoms with Crippen molar-refractivity contribution in [2.75, 3.05) is 13.8 Å². The van der Waals surface area contributed by atoms with Gasteiger partial charge in [-0.2, -0.15) is 5.10 Å². The van der Waals surface area contributed by atoms with Crippen molar-refractivity contribution in [3.63, 3.8) is 0 Å². The molecule has 0 radical (unpaired) electrons. The molecule has 1 aliphatic heterocycles. The number of ether oxygens (including phenoxy) is 2. The molecule has 0 spiro atoms. The van der Waals surface area contributed by atoms with E-state index in [2.05, 4.69) is 5.10 Å². The van der Waals surface area contributed by atoms with Gasteiger partial charge in [-0.25, -0.2) is 9.07 Å². The third-order valence-corrected chi connectivity index (χ3v) is 5.11. The predicted molar refractivity (Wildman–Crippen MR) is 111 cm³/mol. The molecule has 1 amide bonds. The van der Waals surface area contributed by atoms with E-state index in [1.165, 1.54) is 22.9 Å². The highest BCUT2D eigenvalue weighted by Crippen LogP contribution is 2.32. The number of carbonyl (C=O) groups excluding carboxylic acids is 1. The van der Waals surface area contributed by atoms with E-state index >= 15 is 0 Å². The van der Waals surface area contributed by atoms with Gasteiger partial charge in [-0.3, -0.25) is 4.79 Å². The second-order valence-electron chi connectivity index (χ2n) is 6.89. The fourth-order valence-electron chi connectivity index (χ4n) is 3.13. The van der Waals surface area contributed by atoms with Crippen LogP contribution in [-0.2, 0) is 11.3 Å². The fourth-order valence-corrected chi connectivity index (χ4v) is 3.46. The van der Waals surface area contributed by atoms with Gasteiger partial charge in [0, 0.05) is 25.2 Å². The number of benzene rings is 2. The third-order valence-electron chi connectivity index (χ3n) is 4.74. The number of likely N-dealkylation sites (N-methyl/N-ethyl adjacent to an activating group) is 1. The van der Waals surface area contributed by atoms with Crippen LogP contribution in [0.25, 0.3) is 11.8 Å². The molecule has 154 valence electrons. The Bertz CT molecular complexity index is 1130. The van der Waals surface area contributed by atoms with Crippen molar-refractivity contribution >= 4 is 23.6 Å². The van der Waals surface area contributed by atoms with E-state index in [0.717, 1.165) is 5.56 Å².